The summed E-state index contributed by atoms with van der Waals surface area (Å²) >= 11 is 6.11. The van der Waals surface area contributed by atoms with E-state index in [1.54, 1.807) is 24.3 Å². The highest BCUT2D eigenvalue weighted by molar-refractivity contribution is 7.88. The molecule has 31 heavy (non-hydrogen) atoms. The van der Waals surface area contributed by atoms with Gasteiger partial charge < -0.3 is 14.8 Å². The van der Waals surface area contributed by atoms with Crippen molar-refractivity contribution in [3.63, 3.8) is 0 Å². The van der Waals surface area contributed by atoms with E-state index in [1.807, 2.05) is 12.1 Å². The number of piperazine rings is 1. The topological polar surface area (TPSA) is 88.2 Å². The first kappa shape index (κ1) is 23.3. The van der Waals surface area contributed by atoms with Crippen molar-refractivity contribution in [1.82, 2.24) is 9.21 Å². The molecule has 2 aromatic rings. The Labute approximate surface area is 187 Å². The average Bonchev–Trinajstić information content (AvgIpc) is 2.74. The van der Waals surface area contributed by atoms with Gasteiger partial charge in [-0.25, -0.2) is 8.42 Å². The van der Waals surface area contributed by atoms with Crippen molar-refractivity contribution in [2.24, 2.45) is 0 Å². The first-order chi connectivity index (χ1) is 14.7. The Balaban J connectivity index is 1.62. The van der Waals surface area contributed by atoms with Gasteiger partial charge in [0.25, 0.3) is 5.91 Å². The Hall–Kier alpha value is -2.33. The number of halogens is 1. The molecule has 0 aromatic heterocycles. The summed E-state index contributed by atoms with van der Waals surface area (Å²) in [5.41, 5.74) is 2.01. The highest BCUT2D eigenvalue weighted by Crippen LogP contribution is 2.36. The highest BCUT2D eigenvalue weighted by atomic mass is 35.5. The van der Waals surface area contributed by atoms with E-state index >= 15 is 0 Å². The molecule has 3 rings (SSSR count). The minimum Gasteiger partial charge on any atom is -0.495 e. The number of carbonyl (C=O) groups excluding carboxylic acids is 1. The fourth-order valence-corrected chi connectivity index (χ4v) is 4.45. The van der Waals surface area contributed by atoms with Crippen LogP contribution in [0, 0.1) is 0 Å². The molecule has 168 valence electrons. The fourth-order valence-electron chi connectivity index (χ4n) is 3.39. The third-order valence-electron chi connectivity index (χ3n) is 5.14. The fraction of sp³-hybridized carbons (Fsp3) is 0.381. The lowest BCUT2D eigenvalue weighted by Crippen LogP contribution is -2.47. The van der Waals surface area contributed by atoms with Crippen LogP contribution in [-0.2, 0) is 16.6 Å². The first-order valence-corrected chi connectivity index (χ1v) is 11.9. The van der Waals surface area contributed by atoms with Crippen LogP contribution in [0.3, 0.4) is 0 Å². The van der Waals surface area contributed by atoms with E-state index in [0.717, 1.165) is 5.56 Å². The molecule has 0 atom stereocenters. The number of hydrogen-bond acceptors (Lipinski definition) is 6. The van der Waals surface area contributed by atoms with Gasteiger partial charge in [-0.15, -0.1) is 0 Å². The van der Waals surface area contributed by atoms with Crippen LogP contribution in [0.25, 0.3) is 0 Å². The second-order valence-corrected chi connectivity index (χ2v) is 9.67. The Bertz CT molecular complexity index is 1040. The molecule has 2 aromatic carbocycles. The normalized spacial score (nSPS) is 15.5. The van der Waals surface area contributed by atoms with Crippen molar-refractivity contribution in [2.75, 3.05) is 52.0 Å². The zero-order valence-corrected chi connectivity index (χ0v) is 19.3. The van der Waals surface area contributed by atoms with Crippen molar-refractivity contribution in [2.45, 2.75) is 6.54 Å². The van der Waals surface area contributed by atoms with Crippen molar-refractivity contribution < 1.29 is 22.7 Å². The lowest BCUT2D eigenvalue weighted by Gasteiger charge is -2.33. The molecule has 0 spiro atoms. The van der Waals surface area contributed by atoms with Crippen LogP contribution in [0.4, 0.5) is 5.69 Å². The summed E-state index contributed by atoms with van der Waals surface area (Å²) in [6, 6.07) is 10.5. The second-order valence-electron chi connectivity index (χ2n) is 7.28. The van der Waals surface area contributed by atoms with Gasteiger partial charge in [0.1, 0.15) is 11.5 Å². The summed E-state index contributed by atoms with van der Waals surface area (Å²) in [4.78, 5) is 14.9. The van der Waals surface area contributed by atoms with Crippen LogP contribution in [-0.4, -0.2) is 70.2 Å². The minimum absolute atomic E-state index is 0.281. The lowest BCUT2D eigenvalue weighted by molar-refractivity contribution is 0.102. The Kier molecular flexibility index (Phi) is 7.42. The molecule has 1 fully saturated rings. The quantitative estimate of drug-likeness (QED) is 0.673. The predicted octanol–water partition coefficient (Wildman–Crippen LogP) is 2.69. The molecule has 1 saturated heterocycles. The predicted molar refractivity (Wildman–Crippen MR) is 121 cm³/mol. The Morgan fingerprint density at radius 2 is 1.65 bits per heavy atom. The maximum Gasteiger partial charge on any atom is 0.255 e. The molecular formula is C21H26ClN3O5S. The van der Waals surface area contributed by atoms with E-state index in [4.69, 9.17) is 21.1 Å². The van der Waals surface area contributed by atoms with Gasteiger partial charge in [0.05, 0.1) is 31.2 Å². The van der Waals surface area contributed by atoms with E-state index in [1.165, 1.54) is 24.8 Å². The number of nitrogens with one attached hydrogen (secondary N) is 1. The molecule has 0 unspecified atom stereocenters. The number of nitrogens with zero attached hydrogens (tertiary/aromatic N) is 2. The van der Waals surface area contributed by atoms with Gasteiger partial charge in [-0.3, -0.25) is 9.69 Å². The molecule has 0 saturated carbocycles. The van der Waals surface area contributed by atoms with Crippen LogP contribution in [0.1, 0.15) is 15.9 Å². The zero-order chi connectivity index (χ0) is 22.6. The Morgan fingerprint density at radius 3 is 2.19 bits per heavy atom. The van der Waals surface area contributed by atoms with Crippen LogP contribution in [0.2, 0.25) is 5.02 Å². The van der Waals surface area contributed by atoms with Gasteiger partial charge in [-0.2, -0.15) is 4.31 Å². The van der Waals surface area contributed by atoms with E-state index < -0.39 is 10.0 Å². The molecule has 0 radical (unpaired) electrons. The standard InChI is InChI=1S/C21H26ClN3O5S/c1-29-19-13-18(20(30-2)12-17(19)22)23-21(26)16-6-4-15(5-7-16)14-24-8-10-25(11-9-24)31(3,27)28/h4-7,12-13H,8-11,14H2,1-3H3,(H,23,26). The van der Waals surface area contributed by atoms with Gasteiger partial charge in [-0.1, -0.05) is 23.7 Å². The molecule has 1 aliphatic rings. The van der Waals surface area contributed by atoms with E-state index in [2.05, 4.69) is 10.2 Å². The second kappa shape index (κ2) is 9.86. The average molecular weight is 468 g/mol. The van der Waals surface area contributed by atoms with Gasteiger partial charge >= 0.3 is 0 Å². The summed E-state index contributed by atoms with van der Waals surface area (Å²) in [5, 5.41) is 3.21. The number of sulfonamides is 1. The molecule has 1 aliphatic heterocycles. The zero-order valence-electron chi connectivity index (χ0n) is 17.7. The van der Waals surface area contributed by atoms with Gasteiger partial charge in [0, 0.05) is 50.4 Å². The van der Waals surface area contributed by atoms with Gasteiger partial charge in [0.2, 0.25) is 10.0 Å². The number of methoxy groups -OCH3 is 2. The molecule has 1 N–H and O–H groups in total. The summed E-state index contributed by atoms with van der Waals surface area (Å²) < 4.78 is 35.2. The van der Waals surface area contributed by atoms with Crippen molar-refractivity contribution >= 4 is 33.2 Å². The first-order valence-electron chi connectivity index (χ1n) is 9.70. The number of amides is 1. The summed E-state index contributed by atoms with van der Waals surface area (Å²) in [5.74, 6) is 0.587. The molecular weight excluding hydrogens is 442 g/mol. The van der Waals surface area contributed by atoms with Gasteiger partial charge in [-0.05, 0) is 17.7 Å². The monoisotopic (exact) mass is 467 g/mol. The number of rotatable bonds is 7. The molecule has 0 bridgehead atoms. The van der Waals surface area contributed by atoms with E-state index in [-0.39, 0.29) is 5.91 Å². The maximum absolute atomic E-state index is 12.7. The van der Waals surface area contributed by atoms with Crippen LogP contribution < -0.4 is 14.8 Å². The smallest absolute Gasteiger partial charge is 0.255 e. The van der Waals surface area contributed by atoms with Crippen LogP contribution in [0.15, 0.2) is 36.4 Å². The third-order valence-corrected chi connectivity index (χ3v) is 6.74. The third kappa shape index (κ3) is 5.88. The number of hydrogen-bond donors (Lipinski definition) is 1. The molecule has 1 heterocycles. The lowest BCUT2D eigenvalue weighted by atomic mass is 10.1. The summed E-state index contributed by atoms with van der Waals surface area (Å²) in [6.45, 7) is 3.03. The summed E-state index contributed by atoms with van der Waals surface area (Å²) in [6.07, 6.45) is 1.24. The highest BCUT2D eigenvalue weighted by Gasteiger charge is 2.23. The number of benzene rings is 2. The van der Waals surface area contributed by atoms with Crippen molar-refractivity contribution in [3.05, 3.63) is 52.5 Å². The molecule has 8 nitrogen and oxygen atoms in total. The molecule has 0 aliphatic carbocycles. The Morgan fingerprint density at radius 1 is 1.03 bits per heavy atom. The van der Waals surface area contributed by atoms with Crippen LogP contribution >= 0.6 is 11.6 Å². The number of anilines is 1. The van der Waals surface area contributed by atoms with Gasteiger partial charge in [0.15, 0.2) is 0 Å². The minimum atomic E-state index is -3.14. The molecule has 1 amide bonds. The summed E-state index contributed by atoms with van der Waals surface area (Å²) in [7, 11) is -0.140. The van der Waals surface area contributed by atoms with Crippen LogP contribution in [0.5, 0.6) is 11.5 Å². The van der Waals surface area contributed by atoms with E-state index in [0.29, 0.717) is 60.5 Å². The largest absolute Gasteiger partial charge is 0.495 e. The van der Waals surface area contributed by atoms with Crippen molar-refractivity contribution in [1.29, 1.82) is 0 Å². The maximum atomic E-state index is 12.7. The molecule has 10 heteroatoms. The van der Waals surface area contributed by atoms with Crippen molar-refractivity contribution in [3.8, 4) is 11.5 Å². The van der Waals surface area contributed by atoms with E-state index in [9.17, 15) is 13.2 Å². The number of ether oxygens (including phenoxy) is 2. The number of carbonyl (C=O) groups is 1. The SMILES string of the molecule is COc1cc(NC(=O)c2ccc(CN3CCN(S(C)(=O)=O)CC3)cc2)c(OC)cc1Cl.